The Bertz CT molecular complexity index is 1110. The number of aromatic nitrogens is 4. The molecule has 0 aliphatic carbocycles. The molecule has 0 spiro atoms. The van der Waals surface area contributed by atoms with Gasteiger partial charge in [-0.05, 0) is 24.3 Å². The summed E-state index contributed by atoms with van der Waals surface area (Å²) in [6, 6.07) is 9.94. The number of hydrogen-bond acceptors (Lipinski definition) is 7. The molecule has 0 saturated heterocycles. The second-order valence-electron chi connectivity index (χ2n) is 5.83. The van der Waals surface area contributed by atoms with Crippen LogP contribution in [0.4, 0.5) is 0 Å². The molecule has 1 amide bonds. The van der Waals surface area contributed by atoms with Crippen molar-refractivity contribution in [2.45, 2.75) is 10.1 Å². The molecular formula is C17H15N5O3S2. The van der Waals surface area contributed by atoms with Gasteiger partial charge in [-0.1, -0.05) is 23.9 Å². The number of rotatable bonds is 5. The van der Waals surface area contributed by atoms with Crippen LogP contribution < -0.4 is 0 Å². The zero-order valence-electron chi connectivity index (χ0n) is 14.3. The van der Waals surface area contributed by atoms with Gasteiger partial charge in [-0.25, -0.2) is 12.7 Å². The summed E-state index contributed by atoms with van der Waals surface area (Å²) in [7, 11) is -1.94. The highest BCUT2D eigenvalue weighted by atomic mass is 32.2. The number of sulfonamides is 1. The standard InChI is InChI=1S/C17H15N5O3S2/c1-21-15(12-6-8-18-9-7-12)19-20-17(21)26-11-10-22-16(23)13-4-2-3-5-14(13)27(22,24)25/h2-9H,10-11H2,1H3. The molecule has 10 heteroatoms. The predicted octanol–water partition coefficient (Wildman–Crippen LogP) is 1.81. The van der Waals surface area contributed by atoms with Gasteiger partial charge in [0.2, 0.25) is 0 Å². The van der Waals surface area contributed by atoms with E-state index < -0.39 is 15.9 Å². The Hall–Kier alpha value is -2.72. The lowest BCUT2D eigenvalue weighted by Crippen LogP contribution is -2.32. The number of carbonyl (C=O) groups excluding carboxylic acids is 1. The predicted molar refractivity (Wildman–Crippen MR) is 99.6 cm³/mol. The summed E-state index contributed by atoms with van der Waals surface area (Å²) >= 11 is 1.35. The molecule has 27 heavy (non-hydrogen) atoms. The van der Waals surface area contributed by atoms with Crippen LogP contribution in [0.3, 0.4) is 0 Å². The van der Waals surface area contributed by atoms with Gasteiger partial charge in [0.05, 0.1) is 5.56 Å². The summed E-state index contributed by atoms with van der Waals surface area (Å²) in [4.78, 5) is 16.5. The first-order valence-corrected chi connectivity index (χ1v) is 10.5. The van der Waals surface area contributed by atoms with Crippen LogP contribution in [0.15, 0.2) is 58.8 Å². The fourth-order valence-electron chi connectivity index (χ4n) is 2.86. The number of amides is 1. The minimum absolute atomic E-state index is 0.0674. The Morgan fingerprint density at radius 2 is 1.81 bits per heavy atom. The Balaban J connectivity index is 1.47. The van der Waals surface area contributed by atoms with Crippen molar-refractivity contribution in [2.24, 2.45) is 7.05 Å². The van der Waals surface area contributed by atoms with Crippen LogP contribution in [-0.4, -0.2) is 50.7 Å². The molecule has 0 unspecified atom stereocenters. The van der Waals surface area contributed by atoms with Crippen molar-refractivity contribution in [1.82, 2.24) is 24.1 Å². The summed E-state index contributed by atoms with van der Waals surface area (Å²) in [5.74, 6) is 0.584. The van der Waals surface area contributed by atoms with Crippen molar-refractivity contribution in [1.29, 1.82) is 0 Å². The van der Waals surface area contributed by atoms with Gasteiger partial charge < -0.3 is 4.57 Å². The third kappa shape index (κ3) is 3.00. The van der Waals surface area contributed by atoms with E-state index in [9.17, 15) is 13.2 Å². The lowest BCUT2D eigenvalue weighted by molar-refractivity contribution is 0.0876. The van der Waals surface area contributed by atoms with E-state index in [1.807, 2.05) is 23.7 Å². The van der Waals surface area contributed by atoms with Gasteiger partial charge in [0.15, 0.2) is 11.0 Å². The normalized spacial score (nSPS) is 15.1. The Morgan fingerprint density at radius 3 is 2.56 bits per heavy atom. The van der Waals surface area contributed by atoms with Crippen LogP contribution in [-0.2, 0) is 17.1 Å². The smallest absolute Gasteiger partial charge is 0.269 e. The zero-order chi connectivity index (χ0) is 19.0. The summed E-state index contributed by atoms with van der Waals surface area (Å²) < 4.78 is 27.8. The van der Waals surface area contributed by atoms with E-state index in [2.05, 4.69) is 15.2 Å². The summed E-state index contributed by atoms with van der Waals surface area (Å²) in [5.41, 5.74) is 1.11. The Morgan fingerprint density at radius 1 is 1.07 bits per heavy atom. The van der Waals surface area contributed by atoms with Crippen molar-refractivity contribution < 1.29 is 13.2 Å². The van der Waals surface area contributed by atoms with Gasteiger partial charge in [0, 0.05) is 37.3 Å². The number of nitrogens with zero attached hydrogens (tertiary/aromatic N) is 5. The number of pyridine rings is 1. The Labute approximate surface area is 160 Å². The van der Waals surface area contributed by atoms with Crippen molar-refractivity contribution in [2.75, 3.05) is 12.3 Å². The molecule has 8 nitrogen and oxygen atoms in total. The fraction of sp³-hybridized carbons (Fsp3) is 0.176. The summed E-state index contributed by atoms with van der Waals surface area (Å²) in [5, 5.41) is 8.97. The van der Waals surface area contributed by atoms with E-state index in [1.54, 1.807) is 24.5 Å². The molecule has 0 N–H and O–H groups in total. The average molecular weight is 401 g/mol. The van der Waals surface area contributed by atoms with E-state index in [1.165, 1.54) is 23.9 Å². The fourth-order valence-corrected chi connectivity index (χ4v) is 5.39. The van der Waals surface area contributed by atoms with Crippen molar-refractivity contribution >= 4 is 27.7 Å². The lowest BCUT2D eigenvalue weighted by atomic mass is 10.2. The second-order valence-corrected chi connectivity index (χ2v) is 8.72. The highest BCUT2D eigenvalue weighted by Gasteiger charge is 2.40. The highest BCUT2D eigenvalue weighted by molar-refractivity contribution is 7.99. The van der Waals surface area contributed by atoms with Crippen molar-refractivity contribution in [3.05, 3.63) is 54.4 Å². The van der Waals surface area contributed by atoms with E-state index in [4.69, 9.17) is 0 Å². The molecule has 0 radical (unpaired) electrons. The Kier molecular flexibility index (Phi) is 4.44. The van der Waals surface area contributed by atoms with Crippen LogP contribution in [0.1, 0.15) is 10.4 Å². The van der Waals surface area contributed by atoms with Crippen LogP contribution in [0.5, 0.6) is 0 Å². The SMILES string of the molecule is Cn1c(SCCN2C(=O)c3ccccc3S2(=O)=O)nnc1-c1ccncc1. The van der Waals surface area contributed by atoms with Gasteiger partial charge in [-0.2, -0.15) is 0 Å². The van der Waals surface area contributed by atoms with E-state index in [0.717, 1.165) is 9.87 Å². The minimum Gasteiger partial charge on any atom is -0.305 e. The average Bonchev–Trinajstić information content (AvgIpc) is 3.13. The number of carbonyl (C=O) groups is 1. The van der Waals surface area contributed by atoms with Gasteiger partial charge >= 0.3 is 0 Å². The number of benzene rings is 1. The molecule has 3 aromatic rings. The summed E-state index contributed by atoms with van der Waals surface area (Å²) in [6.45, 7) is 0.0674. The molecule has 1 aliphatic heterocycles. The maximum Gasteiger partial charge on any atom is 0.269 e. The molecule has 0 atom stereocenters. The lowest BCUT2D eigenvalue weighted by Gasteiger charge is -2.14. The minimum atomic E-state index is -3.78. The molecule has 3 heterocycles. The first-order valence-electron chi connectivity index (χ1n) is 8.09. The maximum absolute atomic E-state index is 12.5. The molecule has 0 saturated carbocycles. The van der Waals surface area contributed by atoms with Crippen molar-refractivity contribution in [3.8, 4) is 11.4 Å². The second kappa shape index (κ2) is 6.78. The van der Waals surface area contributed by atoms with Crippen LogP contribution >= 0.6 is 11.8 Å². The number of hydrogen-bond donors (Lipinski definition) is 0. The van der Waals surface area contributed by atoms with Gasteiger partial charge in [-0.3, -0.25) is 9.78 Å². The zero-order valence-corrected chi connectivity index (χ0v) is 15.9. The molecule has 1 aliphatic rings. The third-order valence-electron chi connectivity index (χ3n) is 4.21. The maximum atomic E-state index is 12.5. The molecule has 2 aromatic heterocycles. The molecular weight excluding hydrogens is 386 g/mol. The summed E-state index contributed by atoms with van der Waals surface area (Å²) in [6.07, 6.45) is 3.36. The van der Waals surface area contributed by atoms with Crippen LogP contribution in [0.2, 0.25) is 0 Å². The first kappa shape index (κ1) is 17.7. The van der Waals surface area contributed by atoms with Crippen LogP contribution in [0.25, 0.3) is 11.4 Å². The molecule has 0 bridgehead atoms. The third-order valence-corrected chi connectivity index (χ3v) is 7.05. The van der Waals surface area contributed by atoms with E-state index in [-0.39, 0.29) is 17.0 Å². The molecule has 0 fully saturated rings. The highest BCUT2D eigenvalue weighted by Crippen LogP contribution is 2.30. The number of thioether (sulfide) groups is 1. The quantitative estimate of drug-likeness (QED) is 0.601. The molecule has 138 valence electrons. The van der Waals surface area contributed by atoms with Crippen LogP contribution in [0, 0.1) is 0 Å². The molecule has 1 aromatic carbocycles. The van der Waals surface area contributed by atoms with E-state index >= 15 is 0 Å². The monoisotopic (exact) mass is 401 g/mol. The number of fused-ring (bicyclic) bond motifs is 1. The van der Waals surface area contributed by atoms with Gasteiger partial charge in [-0.15, -0.1) is 10.2 Å². The first-order chi connectivity index (χ1) is 13.0. The molecule has 4 rings (SSSR count). The van der Waals surface area contributed by atoms with Gasteiger partial charge in [0.25, 0.3) is 15.9 Å². The van der Waals surface area contributed by atoms with Crippen molar-refractivity contribution in [3.63, 3.8) is 0 Å². The topological polar surface area (TPSA) is 98.1 Å². The van der Waals surface area contributed by atoms with Gasteiger partial charge in [0.1, 0.15) is 4.90 Å². The van der Waals surface area contributed by atoms with E-state index in [0.29, 0.717) is 16.7 Å². The largest absolute Gasteiger partial charge is 0.305 e.